The third kappa shape index (κ3) is 4.08. The van der Waals surface area contributed by atoms with Gasteiger partial charge >= 0.3 is 0 Å². The van der Waals surface area contributed by atoms with Crippen LogP contribution in [0.1, 0.15) is 30.7 Å². The first-order chi connectivity index (χ1) is 17.4. The number of morpholine rings is 1. The lowest BCUT2D eigenvalue weighted by molar-refractivity contribution is -0.147. The predicted octanol–water partition coefficient (Wildman–Crippen LogP) is 3.89. The molecular weight excluding hydrogens is 474 g/mol. The van der Waals surface area contributed by atoms with Gasteiger partial charge in [-0.05, 0) is 50.8 Å². The fraction of sp³-hybridized carbons (Fsp3) is 0.462. The van der Waals surface area contributed by atoms with Crippen molar-refractivity contribution in [3.63, 3.8) is 0 Å². The number of carbonyl (C=O) groups is 1. The Morgan fingerprint density at radius 3 is 2.81 bits per heavy atom. The maximum absolute atomic E-state index is 13.4. The fourth-order valence-electron chi connectivity index (χ4n) is 5.57. The number of fused-ring (bicyclic) bond motifs is 4. The van der Waals surface area contributed by atoms with Crippen molar-refractivity contribution >= 4 is 50.2 Å². The number of anilines is 3. The molecule has 0 saturated carbocycles. The first-order valence-electron chi connectivity index (χ1n) is 12.5. The SMILES string of the molecule is C[C@@H]1CN(C(=O)[C@H]2CCc3c(sc4ncnc(Nc5cc6ccnn6cc5N(C)C)c34)C2)C[C@@H](C)O1. The van der Waals surface area contributed by atoms with Gasteiger partial charge in [0.25, 0.3) is 0 Å². The highest BCUT2D eigenvalue weighted by atomic mass is 32.1. The summed E-state index contributed by atoms with van der Waals surface area (Å²) in [6.07, 6.45) is 8.06. The number of thiophene rings is 1. The van der Waals surface area contributed by atoms with Crippen LogP contribution in [0.15, 0.2) is 30.9 Å². The Morgan fingerprint density at radius 2 is 2.03 bits per heavy atom. The second-order valence-corrected chi connectivity index (χ2v) is 11.2. The monoisotopic (exact) mass is 505 g/mol. The van der Waals surface area contributed by atoms with Crippen molar-refractivity contribution in [1.29, 1.82) is 0 Å². The van der Waals surface area contributed by atoms with Crippen molar-refractivity contribution in [3.05, 3.63) is 41.3 Å². The maximum atomic E-state index is 13.4. The summed E-state index contributed by atoms with van der Waals surface area (Å²) in [5.41, 5.74) is 4.27. The van der Waals surface area contributed by atoms with Gasteiger partial charge in [-0.3, -0.25) is 4.79 Å². The molecule has 1 fully saturated rings. The van der Waals surface area contributed by atoms with Crippen molar-refractivity contribution in [2.45, 2.75) is 45.3 Å². The van der Waals surface area contributed by atoms with E-state index in [1.165, 1.54) is 10.4 Å². The van der Waals surface area contributed by atoms with Crippen LogP contribution in [0.4, 0.5) is 17.2 Å². The number of aromatic nitrogens is 4. The lowest BCUT2D eigenvalue weighted by atomic mass is 9.86. The van der Waals surface area contributed by atoms with Crippen LogP contribution < -0.4 is 10.2 Å². The number of pyridine rings is 1. The van der Waals surface area contributed by atoms with Crippen molar-refractivity contribution < 1.29 is 9.53 Å². The van der Waals surface area contributed by atoms with Crippen LogP contribution in [0.2, 0.25) is 0 Å². The zero-order chi connectivity index (χ0) is 25.0. The lowest BCUT2D eigenvalue weighted by Gasteiger charge is -2.37. The number of nitrogens with one attached hydrogen (secondary N) is 1. The van der Waals surface area contributed by atoms with E-state index in [2.05, 4.69) is 31.3 Å². The predicted molar refractivity (Wildman–Crippen MR) is 142 cm³/mol. The Morgan fingerprint density at radius 1 is 1.22 bits per heavy atom. The van der Waals surface area contributed by atoms with Gasteiger partial charge in [0.1, 0.15) is 17.0 Å². The van der Waals surface area contributed by atoms with Gasteiger partial charge in [0.05, 0.1) is 40.7 Å². The summed E-state index contributed by atoms with van der Waals surface area (Å²) < 4.78 is 7.70. The molecule has 0 spiro atoms. The molecule has 188 valence electrons. The van der Waals surface area contributed by atoms with E-state index in [1.807, 2.05) is 49.6 Å². The van der Waals surface area contributed by atoms with E-state index in [-0.39, 0.29) is 24.0 Å². The number of rotatable bonds is 4. The molecule has 1 aliphatic carbocycles. The summed E-state index contributed by atoms with van der Waals surface area (Å²) in [5.74, 6) is 1.08. The number of carbonyl (C=O) groups excluding carboxylic acids is 1. The van der Waals surface area contributed by atoms with Crippen LogP contribution in [0, 0.1) is 5.92 Å². The van der Waals surface area contributed by atoms with Crippen molar-refractivity contribution in [3.8, 4) is 0 Å². The van der Waals surface area contributed by atoms with E-state index in [1.54, 1.807) is 23.9 Å². The Hall–Kier alpha value is -3.24. The van der Waals surface area contributed by atoms with Gasteiger partial charge in [-0.15, -0.1) is 11.3 Å². The molecule has 0 aromatic carbocycles. The van der Waals surface area contributed by atoms with E-state index >= 15 is 0 Å². The highest BCUT2D eigenvalue weighted by molar-refractivity contribution is 7.19. The zero-order valence-electron chi connectivity index (χ0n) is 21.1. The summed E-state index contributed by atoms with van der Waals surface area (Å²) >= 11 is 1.70. The minimum absolute atomic E-state index is 0.0112. The van der Waals surface area contributed by atoms with Gasteiger partial charge in [0.2, 0.25) is 5.91 Å². The Balaban J connectivity index is 1.31. The molecule has 4 aromatic heterocycles. The molecule has 0 radical (unpaired) electrons. The molecule has 1 aliphatic heterocycles. The molecule has 1 N–H and O–H groups in total. The molecule has 1 amide bonds. The van der Waals surface area contributed by atoms with Crippen LogP contribution in [0.3, 0.4) is 0 Å². The highest BCUT2D eigenvalue weighted by Gasteiger charge is 2.34. The second-order valence-electron chi connectivity index (χ2n) is 10.1. The van der Waals surface area contributed by atoms with E-state index in [9.17, 15) is 4.79 Å². The Bertz CT molecular complexity index is 1440. The smallest absolute Gasteiger partial charge is 0.226 e. The quantitative estimate of drug-likeness (QED) is 0.450. The third-order valence-corrected chi connectivity index (χ3v) is 8.34. The third-order valence-electron chi connectivity index (χ3n) is 7.17. The van der Waals surface area contributed by atoms with Crippen LogP contribution in [0.5, 0.6) is 0 Å². The molecule has 5 heterocycles. The zero-order valence-corrected chi connectivity index (χ0v) is 21.9. The van der Waals surface area contributed by atoms with Gasteiger partial charge in [-0.25, -0.2) is 14.5 Å². The standard InChI is InChI=1S/C26H31N7O2S/c1-15-11-32(12-16(2)35-15)26(34)17-5-6-19-22(9-17)36-25-23(19)24(27-14-28-25)30-20-10-18-7-8-29-33(18)13-21(20)31(3)4/h7-8,10,13-17H,5-6,9,11-12H2,1-4H3,(H,27,28,30)/t15-,16-,17+/m1/s1. The van der Waals surface area contributed by atoms with Crippen LogP contribution in [-0.2, 0) is 22.4 Å². The second kappa shape index (κ2) is 9.01. The summed E-state index contributed by atoms with van der Waals surface area (Å²) in [4.78, 5) is 28.9. The van der Waals surface area contributed by atoms with Gasteiger partial charge in [-0.2, -0.15) is 5.10 Å². The van der Waals surface area contributed by atoms with E-state index in [4.69, 9.17) is 4.74 Å². The average Bonchev–Trinajstić information content (AvgIpc) is 3.46. The topological polar surface area (TPSA) is 87.9 Å². The van der Waals surface area contributed by atoms with E-state index < -0.39 is 0 Å². The summed E-state index contributed by atoms with van der Waals surface area (Å²) in [5, 5.41) is 9.05. The van der Waals surface area contributed by atoms with Crippen LogP contribution in [-0.4, -0.2) is 69.8 Å². The summed E-state index contributed by atoms with van der Waals surface area (Å²) in [7, 11) is 4.04. The largest absolute Gasteiger partial charge is 0.375 e. The number of hydrogen-bond acceptors (Lipinski definition) is 8. The molecule has 4 aromatic rings. The van der Waals surface area contributed by atoms with Gasteiger partial charge in [0.15, 0.2) is 0 Å². The molecule has 0 unspecified atom stereocenters. The van der Waals surface area contributed by atoms with Crippen molar-refractivity contribution in [2.24, 2.45) is 5.92 Å². The average molecular weight is 506 g/mol. The molecule has 3 atom stereocenters. The van der Waals surface area contributed by atoms with Crippen molar-refractivity contribution in [1.82, 2.24) is 24.5 Å². The van der Waals surface area contributed by atoms with E-state index in [0.29, 0.717) is 13.1 Å². The van der Waals surface area contributed by atoms with Gasteiger partial charge < -0.3 is 19.9 Å². The van der Waals surface area contributed by atoms with Gasteiger partial charge in [-0.1, -0.05) is 0 Å². The lowest BCUT2D eigenvalue weighted by Crippen LogP contribution is -2.50. The number of nitrogens with zero attached hydrogens (tertiary/aromatic N) is 6. The molecular formula is C26H31N7O2S. The number of ether oxygens (including phenoxy) is 1. The van der Waals surface area contributed by atoms with Crippen LogP contribution >= 0.6 is 11.3 Å². The minimum Gasteiger partial charge on any atom is -0.375 e. The molecule has 0 bridgehead atoms. The molecule has 1 saturated heterocycles. The fourth-order valence-corrected chi connectivity index (χ4v) is 6.84. The molecule has 2 aliphatic rings. The first-order valence-corrected chi connectivity index (χ1v) is 13.3. The van der Waals surface area contributed by atoms with Gasteiger partial charge in [0, 0.05) is 44.2 Å². The Kier molecular flexibility index (Phi) is 5.80. The minimum atomic E-state index is 0.0112. The number of hydrogen-bond donors (Lipinski definition) is 1. The number of amides is 1. The molecule has 6 rings (SSSR count). The normalized spacial score (nSPS) is 22.1. The maximum Gasteiger partial charge on any atom is 0.226 e. The Labute approximate surface area is 214 Å². The summed E-state index contributed by atoms with van der Waals surface area (Å²) in [6, 6.07) is 4.08. The summed E-state index contributed by atoms with van der Waals surface area (Å²) in [6.45, 7) is 5.43. The number of aryl methyl sites for hydroxylation is 1. The molecule has 10 heteroatoms. The highest BCUT2D eigenvalue weighted by Crippen LogP contribution is 2.41. The first kappa shape index (κ1) is 23.2. The van der Waals surface area contributed by atoms with Crippen molar-refractivity contribution in [2.75, 3.05) is 37.4 Å². The molecule has 36 heavy (non-hydrogen) atoms. The van der Waals surface area contributed by atoms with Crippen LogP contribution in [0.25, 0.3) is 15.7 Å². The molecule has 9 nitrogen and oxygen atoms in total. The van der Waals surface area contributed by atoms with E-state index in [0.717, 1.165) is 52.2 Å².